The number of nitrogen functional groups attached to an aromatic ring is 1. The average Bonchev–Trinajstić information content (AvgIpc) is 2.49. The molecule has 13 heavy (non-hydrogen) atoms. The van der Waals surface area contributed by atoms with E-state index in [-0.39, 0.29) is 11.6 Å². The Balaban J connectivity index is 2.88. The SMILES string of the molecule is COc1c(F)ccc2[nH]nc(N)c12. The van der Waals surface area contributed by atoms with Gasteiger partial charge in [-0.05, 0) is 12.1 Å². The summed E-state index contributed by atoms with van der Waals surface area (Å²) in [4.78, 5) is 0. The van der Waals surface area contributed by atoms with Gasteiger partial charge in [0, 0.05) is 0 Å². The molecule has 0 saturated heterocycles. The molecule has 1 heterocycles. The van der Waals surface area contributed by atoms with E-state index in [1.807, 2.05) is 0 Å². The number of nitrogens with one attached hydrogen (secondary N) is 1. The van der Waals surface area contributed by atoms with E-state index >= 15 is 0 Å². The summed E-state index contributed by atoms with van der Waals surface area (Å²) < 4.78 is 18.0. The highest BCUT2D eigenvalue weighted by Gasteiger charge is 2.12. The van der Waals surface area contributed by atoms with Crippen molar-refractivity contribution in [3.63, 3.8) is 0 Å². The number of nitrogens with two attached hydrogens (primary N) is 1. The lowest BCUT2D eigenvalue weighted by molar-refractivity contribution is 0.392. The van der Waals surface area contributed by atoms with E-state index in [1.165, 1.54) is 13.2 Å². The lowest BCUT2D eigenvalue weighted by atomic mass is 10.2. The van der Waals surface area contributed by atoms with Crippen LogP contribution < -0.4 is 10.5 Å². The van der Waals surface area contributed by atoms with Gasteiger partial charge in [-0.1, -0.05) is 0 Å². The molecule has 0 saturated carbocycles. The maximum Gasteiger partial charge on any atom is 0.167 e. The number of halogens is 1. The Morgan fingerprint density at radius 1 is 1.54 bits per heavy atom. The van der Waals surface area contributed by atoms with Gasteiger partial charge in [0.25, 0.3) is 0 Å². The van der Waals surface area contributed by atoms with Crippen LogP contribution in [0, 0.1) is 5.82 Å². The summed E-state index contributed by atoms with van der Waals surface area (Å²) in [6.07, 6.45) is 0. The molecule has 3 N–H and O–H groups in total. The second kappa shape index (κ2) is 2.62. The molecule has 0 bridgehead atoms. The molecule has 0 atom stereocenters. The highest BCUT2D eigenvalue weighted by Crippen LogP contribution is 2.30. The van der Waals surface area contributed by atoms with Gasteiger partial charge in [0.1, 0.15) is 0 Å². The third kappa shape index (κ3) is 1.00. The van der Waals surface area contributed by atoms with E-state index in [0.717, 1.165) is 0 Å². The molecule has 2 rings (SSSR count). The third-order valence-corrected chi connectivity index (χ3v) is 1.87. The van der Waals surface area contributed by atoms with Crippen molar-refractivity contribution in [1.82, 2.24) is 10.2 Å². The van der Waals surface area contributed by atoms with Crippen molar-refractivity contribution >= 4 is 16.7 Å². The number of H-pyrrole nitrogens is 1. The Morgan fingerprint density at radius 3 is 3.00 bits per heavy atom. The molecule has 0 amide bonds. The van der Waals surface area contributed by atoms with E-state index in [4.69, 9.17) is 10.5 Å². The first-order valence-corrected chi connectivity index (χ1v) is 3.70. The molecule has 5 heteroatoms. The fraction of sp³-hybridized carbons (Fsp3) is 0.125. The number of ether oxygens (including phenoxy) is 1. The van der Waals surface area contributed by atoms with Gasteiger partial charge in [-0.25, -0.2) is 4.39 Å². The Hall–Kier alpha value is -1.78. The van der Waals surface area contributed by atoms with Crippen LogP contribution in [0.2, 0.25) is 0 Å². The number of aromatic nitrogens is 2. The number of rotatable bonds is 1. The van der Waals surface area contributed by atoms with Crippen molar-refractivity contribution in [2.75, 3.05) is 12.8 Å². The summed E-state index contributed by atoms with van der Waals surface area (Å²) in [5.74, 6) is -0.0711. The van der Waals surface area contributed by atoms with Crippen LogP contribution >= 0.6 is 0 Å². The van der Waals surface area contributed by atoms with E-state index in [2.05, 4.69) is 10.2 Å². The highest BCUT2D eigenvalue weighted by atomic mass is 19.1. The number of methoxy groups -OCH3 is 1. The number of nitrogens with zero attached hydrogens (tertiary/aromatic N) is 1. The number of anilines is 1. The number of aromatic amines is 1. The van der Waals surface area contributed by atoms with Crippen LogP contribution in [0.25, 0.3) is 10.9 Å². The highest BCUT2D eigenvalue weighted by molar-refractivity contribution is 5.94. The number of hydrogen-bond acceptors (Lipinski definition) is 3. The predicted octanol–water partition coefficient (Wildman–Crippen LogP) is 1.29. The summed E-state index contributed by atoms with van der Waals surface area (Å²) >= 11 is 0. The third-order valence-electron chi connectivity index (χ3n) is 1.87. The lowest BCUT2D eigenvalue weighted by Crippen LogP contribution is -1.91. The van der Waals surface area contributed by atoms with Crippen molar-refractivity contribution in [3.05, 3.63) is 17.9 Å². The normalized spacial score (nSPS) is 10.6. The van der Waals surface area contributed by atoms with Crippen LogP contribution in [0.3, 0.4) is 0 Å². The lowest BCUT2D eigenvalue weighted by Gasteiger charge is -2.02. The molecule has 0 spiro atoms. The summed E-state index contributed by atoms with van der Waals surface area (Å²) in [7, 11) is 1.39. The minimum absolute atomic E-state index is 0.128. The first kappa shape index (κ1) is 7.85. The molecule has 68 valence electrons. The quantitative estimate of drug-likeness (QED) is 0.696. The molecule has 0 fully saturated rings. The zero-order valence-electron chi connectivity index (χ0n) is 6.97. The van der Waals surface area contributed by atoms with Crippen LogP contribution in [0.5, 0.6) is 5.75 Å². The van der Waals surface area contributed by atoms with Crippen LogP contribution in [0.15, 0.2) is 12.1 Å². The first-order chi connectivity index (χ1) is 6.24. The standard InChI is InChI=1S/C8H8FN3O/c1-13-7-4(9)2-3-5-6(7)8(10)12-11-5/h2-3H,1H3,(H3,10,11,12). The molecule has 0 aliphatic heterocycles. The van der Waals surface area contributed by atoms with Crippen molar-refractivity contribution in [3.8, 4) is 5.75 Å². The van der Waals surface area contributed by atoms with Crippen molar-refractivity contribution in [2.45, 2.75) is 0 Å². The molecule has 1 aromatic heterocycles. The molecule has 2 aromatic rings. The maximum atomic E-state index is 13.2. The van der Waals surface area contributed by atoms with Crippen molar-refractivity contribution in [1.29, 1.82) is 0 Å². The topological polar surface area (TPSA) is 63.9 Å². The molecular formula is C8H8FN3O. The Labute approximate surface area is 73.5 Å². The Morgan fingerprint density at radius 2 is 2.31 bits per heavy atom. The van der Waals surface area contributed by atoms with Gasteiger partial charge in [-0.15, -0.1) is 0 Å². The van der Waals surface area contributed by atoms with E-state index in [1.54, 1.807) is 6.07 Å². The minimum atomic E-state index is -0.442. The summed E-state index contributed by atoms with van der Waals surface area (Å²) in [6.45, 7) is 0. The Kier molecular flexibility index (Phi) is 1.58. The molecule has 0 unspecified atom stereocenters. The minimum Gasteiger partial charge on any atom is -0.493 e. The van der Waals surface area contributed by atoms with E-state index in [0.29, 0.717) is 10.9 Å². The first-order valence-electron chi connectivity index (χ1n) is 3.70. The van der Waals surface area contributed by atoms with Gasteiger partial charge < -0.3 is 10.5 Å². The van der Waals surface area contributed by atoms with Gasteiger partial charge in [0.2, 0.25) is 0 Å². The van der Waals surface area contributed by atoms with Gasteiger partial charge in [-0.3, -0.25) is 5.10 Å². The number of hydrogen-bond donors (Lipinski definition) is 2. The number of benzene rings is 1. The molecule has 4 nitrogen and oxygen atoms in total. The van der Waals surface area contributed by atoms with Crippen LogP contribution in [-0.2, 0) is 0 Å². The van der Waals surface area contributed by atoms with Gasteiger partial charge in [0.15, 0.2) is 17.4 Å². The monoisotopic (exact) mass is 181 g/mol. The Bertz CT molecular complexity index is 452. The molecule has 1 aromatic carbocycles. The second-order valence-electron chi connectivity index (χ2n) is 2.61. The molecule has 0 aliphatic rings. The van der Waals surface area contributed by atoms with Crippen LogP contribution in [-0.4, -0.2) is 17.3 Å². The largest absolute Gasteiger partial charge is 0.493 e. The van der Waals surface area contributed by atoms with Crippen molar-refractivity contribution in [2.24, 2.45) is 0 Å². The second-order valence-corrected chi connectivity index (χ2v) is 2.61. The fourth-order valence-electron chi connectivity index (χ4n) is 1.28. The van der Waals surface area contributed by atoms with Crippen molar-refractivity contribution < 1.29 is 9.13 Å². The van der Waals surface area contributed by atoms with E-state index in [9.17, 15) is 4.39 Å². The summed E-state index contributed by atoms with van der Waals surface area (Å²) in [5, 5.41) is 6.91. The number of fused-ring (bicyclic) bond motifs is 1. The van der Waals surface area contributed by atoms with Gasteiger partial charge in [-0.2, -0.15) is 5.10 Å². The fourth-order valence-corrected chi connectivity index (χ4v) is 1.28. The van der Waals surface area contributed by atoms with Crippen LogP contribution in [0.1, 0.15) is 0 Å². The average molecular weight is 181 g/mol. The van der Waals surface area contributed by atoms with E-state index < -0.39 is 5.82 Å². The zero-order valence-corrected chi connectivity index (χ0v) is 6.97. The predicted molar refractivity (Wildman–Crippen MR) is 47.0 cm³/mol. The maximum absolute atomic E-state index is 13.2. The molecule has 0 aliphatic carbocycles. The molecular weight excluding hydrogens is 173 g/mol. The van der Waals surface area contributed by atoms with Gasteiger partial charge in [0.05, 0.1) is 18.0 Å². The smallest absolute Gasteiger partial charge is 0.167 e. The van der Waals surface area contributed by atoms with Crippen LogP contribution in [0.4, 0.5) is 10.2 Å². The summed E-state index contributed by atoms with van der Waals surface area (Å²) in [5.41, 5.74) is 6.20. The summed E-state index contributed by atoms with van der Waals surface area (Å²) in [6, 6.07) is 2.87. The molecule has 0 radical (unpaired) electrons. The zero-order chi connectivity index (χ0) is 9.42. The van der Waals surface area contributed by atoms with Gasteiger partial charge >= 0.3 is 0 Å².